The number of carbonyl (C=O) groups excluding carboxylic acids is 1. The number of amides is 1. The maximum absolute atomic E-state index is 12.7. The van der Waals surface area contributed by atoms with Gasteiger partial charge in [0.1, 0.15) is 0 Å². The van der Waals surface area contributed by atoms with E-state index in [4.69, 9.17) is 0 Å². The largest absolute Gasteiger partial charge is 0.352 e. The van der Waals surface area contributed by atoms with Crippen LogP contribution in [0.3, 0.4) is 0 Å². The minimum Gasteiger partial charge on any atom is -0.352 e. The molecule has 2 N–H and O–H groups in total. The maximum Gasteiger partial charge on any atom is 0.225 e. The molecule has 1 unspecified atom stereocenters. The lowest BCUT2D eigenvalue weighted by Crippen LogP contribution is -2.42. The van der Waals surface area contributed by atoms with Crippen molar-refractivity contribution in [3.05, 3.63) is 18.0 Å². The smallest absolute Gasteiger partial charge is 0.225 e. The van der Waals surface area contributed by atoms with E-state index in [1.807, 2.05) is 24.1 Å². The Kier molecular flexibility index (Phi) is 3.66. The number of nitrogens with zero attached hydrogens (tertiary/aromatic N) is 3. The van der Waals surface area contributed by atoms with Crippen molar-refractivity contribution in [2.45, 2.75) is 37.3 Å². The Morgan fingerprint density at radius 1 is 1.36 bits per heavy atom. The molecule has 1 amide bonds. The highest BCUT2D eigenvalue weighted by Crippen LogP contribution is 2.31. The van der Waals surface area contributed by atoms with Gasteiger partial charge >= 0.3 is 0 Å². The molecule has 0 radical (unpaired) electrons. The van der Waals surface area contributed by atoms with E-state index in [0.29, 0.717) is 6.04 Å². The van der Waals surface area contributed by atoms with Crippen LogP contribution >= 0.6 is 0 Å². The molecule has 0 aromatic carbocycles. The summed E-state index contributed by atoms with van der Waals surface area (Å²) in [6.45, 7) is 3.81. The zero-order valence-corrected chi connectivity index (χ0v) is 13.2. The average molecular weight is 303 g/mol. The molecule has 3 aliphatic rings. The van der Waals surface area contributed by atoms with Crippen LogP contribution in [-0.4, -0.2) is 58.9 Å². The van der Waals surface area contributed by atoms with E-state index in [-0.39, 0.29) is 17.7 Å². The maximum atomic E-state index is 12.7. The fraction of sp³-hybridized carbons (Fsp3) is 0.750. The first-order chi connectivity index (χ1) is 10.7. The van der Waals surface area contributed by atoms with Crippen molar-refractivity contribution in [3.8, 4) is 0 Å². The summed E-state index contributed by atoms with van der Waals surface area (Å²) >= 11 is 0. The van der Waals surface area contributed by atoms with Crippen molar-refractivity contribution in [3.63, 3.8) is 0 Å². The molecule has 1 aliphatic carbocycles. The van der Waals surface area contributed by atoms with Gasteiger partial charge in [0.05, 0.1) is 12.1 Å². The molecule has 6 nitrogen and oxygen atoms in total. The van der Waals surface area contributed by atoms with E-state index in [1.165, 1.54) is 18.4 Å². The van der Waals surface area contributed by atoms with Gasteiger partial charge in [0.25, 0.3) is 0 Å². The first-order valence-electron chi connectivity index (χ1n) is 8.44. The van der Waals surface area contributed by atoms with Gasteiger partial charge in [0.15, 0.2) is 0 Å². The van der Waals surface area contributed by atoms with Crippen LogP contribution in [0.15, 0.2) is 12.4 Å². The Bertz CT molecular complexity index is 552. The second kappa shape index (κ2) is 5.66. The van der Waals surface area contributed by atoms with Crippen molar-refractivity contribution >= 4 is 5.91 Å². The van der Waals surface area contributed by atoms with E-state index in [9.17, 15) is 4.79 Å². The number of rotatable bonds is 4. The lowest BCUT2D eigenvalue weighted by Gasteiger charge is -2.20. The Morgan fingerprint density at radius 3 is 2.95 bits per heavy atom. The third kappa shape index (κ3) is 2.77. The minimum absolute atomic E-state index is 0.0270. The third-order valence-electron chi connectivity index (χ3n) is 5.33. The van der Waals surface area contributed by atoms with Crippen molar-refractivity contribution in [2.75, 3.05) is 26.2 Å². The first-order valence-corrected chi connectivity index (χ1v) is 8.44. The molecule has 0 spiro atoms. The second-order valence-corrected chi connectivity index (χ2v) is 7.04. The normalized spacial score (nSPS) is 32.5. The van der Waals surface area contributed by atoms with Crippen LogP contribution in [0, 0.1) is 5.92 Å². The predicted octanol–water partition coefficient (Wildman–Crippen LogP) is 0.0760. The fourth-order valence-electron chi connectivity index (χ4n) is 3.92. The third-order valence-corrected chi connectivity index (χ3v) is 5.33. The summed E-state index contributed by atoms with van der Waals surface area (Å²) in [6.07, 6.45) is 7.71. The van der Waals surface area contributed by atoms with Gasteiger partial charge in [-0.05, 0) is 24.8 Å². The highest BCUT2D eigenvalue weighted by molar-refractivity contribution is 5.80. The van der Waals surface area contributed by atoms with Crippen molar-refractivity contribution < 1.29 is 4.79 Å². The minimum atomic E-state index is 0.0270. The molecule has 3 fully saturated rings. The molecule has 3 atom stereocenters. The van der Waals surface area contributed by atoms with Crippen LogP contribution in [0.2, 0.25) is 0 Å². The highest BCUT2D eigenvalue weighted by atomic mass is 16.2. The van der Waals surface area contributed by atoms with Gasteiger partial charge in [0, 0.05) is 57.4 Å². The molecule has 4 rings (SSSR count). The van der Waals surface area contributed by atoms with E-state index < -0.39 is 0 Å². The van der Waals surface area contributed by atoms with E-state index in [0.717, 1.165) is 38.6 Å². The summed E-state index contributed by atoms with van der Waals surface area (Å²) in [5.74, 6) is 0.482. The lowest BCUT2D eigenvalue weighted by molar-refractivity contribution is -0.125. The van der Waals surface area contributed by atoms with Crippen molar-refractivity contribution in [2.24, 2.45) is 13.0 Å². The topological polar surface area (TPSA) is 62.2 Å². The number of nitrogens with one attached hydrogen (secondary N) is 2. The second-order valence-electron chi connectivity index (χ2n) is 7.04. The fourth-order valence-corrected chi connectivity index (χ4v) is 3.92. The van der Waals surface area contributed by atoms with Gasteiger partial charge in [-0.1, -0.05) is 0 Å². The van der Waals surface area contributed by atoms with E-state index >= 15 is 0 Å². The quantitative estimate of drug-likeness (QED) is 0.827. The molecule has 6 heteroatoms. The van der Waals surface area contributed by atoms with Crippen LogP contribution in [0.1, 0.15) is 30.7 Å². The standard InChI is InChI=1S/C16H25N5O/c1-20-9-11(6-18-20)14-7-17-8-15(14)16(22)19-12-4-5-21(10-12)13-2-3-13/h6,9,12-15,17H,2-5,7-8,10H2,1H3,(H,19,22)/t12?,14-,15+/m1/s1. The van der Waals surface area contributed by atoms with Crippen LogP contribution < -0.4 is 10.6 Å². The molecule has 22 heavy (non-hydrogen) atoms. The first kappa shape index (κ1) is 14.2. The molecule has 1 aromatic heterocycles. The number of aromatic nitrogens is 2. The van der Waals surface area contributed by atoms with Gasteiger partial charge in [-0.2, -0.15) is 5.10 Å². The van der Waals surface area contributed by atoms with Gasteiger partial charge in [-0.25, -0.2) is 0 Å². The Hall–Kier alpha value is -1.40. The molecule has 0 bridgehead atoms. The number of aryl methyl sites for hydroxylation is 1. The molecular weight excluding hydrogens is 278 g/mol. The number of hydrogen-bond acceptors (Lipinski definition) is 4. The summed E-state index contributed by atoms with van der Waals surface area (Å²) in [5.41, 5.74) is 1.17. The predicted molar refractivity (Wildman–Crippen MR) is 83.5 cm³/mol. The number of hydrogen-bond donors (Lipinski definition) is 2. The Balaban J connectivity index is 1.37. The highest BCUT2D eigenvalue weighted by Gasteiger charge is 2.38. The van der Waals surface area contributed by atoms with E-state index in [2.05, 4.69) is 20.6 Å². The van der Waals surface area contributed by atoms with Crippen LogP contribution in [-0.2, 0) is 11.8 Å². The van der Waals surface area contributed by atoms with E-state index in [1.54, 1.807) is 0 Å². The van der Waals surface area contributed by atoms with Gasteiger partial charge in [-0.15, -0.1) is 0 Å². The molecule has 120 valence electrons. The van der Waals surface area contributed by atoms with Crippen LogP contribution in [0.4, 0.5) is 0 Å². The molecule has 3 heterocycles. The molecule has 2 aliphatic heterocycles. The summed E-state index contributed by atoms with van der Waals surface area (Å²) in [6, 6.07) is 1.14. The van der Waals surface area contributed by atoms with Gasteiger partial charge < -0.3 is 10.6 Å². The zero-order valence-electron chi connectivity index (χ0n) is 13.2. The molecule has 2 saturated heterocycles. The molecular formula is C16H25N5O. The van der Waals surface area contributed by atoms with Gasteiger partial charge in [-0.3, -0.25) is 14.4 Å². The summed E-state index contributed by atoms with van der Waals surface area (Å²) in [4.78, 5) is 15.2. The summed E-state index contributed by atoms with van der Waals surface area (Å²) < 4.78 is 1.81. The Labute approximate surface area is 131 Å². The zero-order chi connectivity index (χ0) is 15.1. The average Bonchev–Trinajstić information content (AvgIpc) is 2.92. The molecule has 1 saturated carbocycles. The van der Waals surface area contributed by atoms with Crippen molar-refractivity contribution in [1.29, 1.82) is 0 Å². The number of carbonyl (C=O) groups is 1. The Morgan fingerprint density at radius 2 is 2.23 bits per heavy atom. The summed E-state index contributed by atoms with van der Waals surface area (Å²) in [5, 5.41) is 10.9. The van der Waals surface area contributed by atoms with Crippen LogP contribution in [0.25, 0.3) is 0 Å². The monoisotopic (exact) mass is 303 g/mol. The molecule has 1 aromatic rings. The summed E-state index contributed by atoms with van der Waals surface area (Å²) in [7, 11) is 1.92. The lowest BCUT2D eigenvalue weighted by atomic mass is 9.90. The number of likely N-dealkylation sites (tertiary alicyclic amines) is 1. The van der Waals surface area contributed by atoms with Crippen molar-refractivity contribution in [1.82, 2.24) is 25.3 Å². The SMILES string of the molecule is Cn1cc([C@H]2CNC[C@@H]2C(=O)NC2CCN(C3CC3)C2)cn1. The van der Waals surface area contributed by atoms with Gasteiger partial charge in [0.2, 0.25) is 5.91 Å². The van der Waals surface area contributed by atoms with Crippen LogP contribution in [0.5, 0.6) is 0 Å².